The van der Waals surface area contributed by atoms with Crippen LogP contribution in [0.25, 0.3) is 0 Å². The fourth-order valence-electron chi connectivity index (χ4n) is 1.41. The van der Waals surface area contributed by atoms with Gasteiger partial charge in [0.05, 0.1) is 5.56 Å². The summed E-state index contributed by atoms with van der Waals surface area (Å²) in [6, 6.07) is 3.32. The first kappa shape index (κ1) is 14.9. The van der Waals surface area contributed by atoms with E-state index in [-0.39, 0.29) is 12.6 Å². The van der Waals surface area contributed by atoms with Crippen LogP contribution in [0.4, 0.5) is 4.79 Å². The summed E-state index contributed by atoms with van der Waals surface area (Å²) in [7, 11) is 0. The molecule has 0 saturated carbocycles. The number of nitrogens with two attached hydrogens (primary N) is 1. The molecule has 6 heteroatoms. The number of carbonyl (C=O) groups is 2. The number of nitrogens with one attached hydrogen (secondary N) is 1. The molecular formula is C13H20N3O3+. The Morgan fingerprint density at radius 2 is 2.00 bits per heavy atom. The van der Waals surface area contributed by atoms with Crippen molar-refractivity contribution in [1.82, 2.24) is 5.32 Å². The number of aromatic nitrogens is 1. The van der Waals surface area contributed by atoms with E-state index < -0.39 is 6.09 Å². The van der Waals surface area contributed by atoms with Crippen molar-refractivity contribution in [2.24, 2.45) is 11.7 Å². The number of hydrogen-bond acceptors (Lipinski definition) is 3. The number of nitrogens with zero attached hydrogens (tertiary/aromatic N) is 1. The first-order chi connectivity index (χ1) is 8.99. The third-order valence-electron chi connectivity index (χ3n) is 2.52. The van der Waals surface area contributed by atoms with E-state index in [9.17, 15) is 9.59 Å². The van der Waals surface area contributed by atoms with Crippen LogP contribution in [0, 0.1) is 5.92 Å². The number of rotatable bonds is 6. The van der Waals surface area contributed by atoms with Crippen molar-refractivity contribution in [2.45, 2.75) is 27.0 Å². The zero-order valence-corrected chi connectivity index (χ0v) is 11.3. The third kappa shape index (κ3) is 5.85. The number of hydrogen-bond donors (Lipinski definition) is 2. The highest BCUT2D eigenvalue weighted by Gasteiger charge is 2.08. The van der Waals surface area contributed by atoms with Gasteiger partial charge in [-0.3, -0.25) is 4.79 Å². The second-order valence-electron chi connectivity index (χ2n) is 4.63. The standard InChI is InChI=1S/C13H19N3O3/c1-10(2)3-6-15-12(17)11-4-7-16(8-5-11)9-19-13(14)18/h4-5,7-8,10H,3,6,9H2,1-2H3,(H2-,14,15,17,18)/p+1. The number of carbonyl (C=O) groups excluding carboxylic acids is 2. The summed E-state index contributed by atoms with van der Waals surface area (Å²) in [5, 5.41) is 2.85. The minimum atomic E-state index is -0.831. The van der Waals surface area contributed by atoms with Crippen molar-refractivity contribution >= 4 is 12.0 Å². The molecular weight excluding hydrogens is 246 g/mol. The molecule has 0 radical (unpaired) electrons. The van der Waals surface area contributed by atoms with Crippen LogP contribution < -0.4 is 15.6 Å². The van der Waals surface area contributed by atoms with Crippen LogP contribution in [0.5, 0.6) is 0 Å². The monoisotopic (exact) mass is 266 g/mol. The average Bonchev–Trinajstić information content (AvgIpc) is 2.36. The molecule has 1 heterocycles. The number of amides is 2. The smallest absolute Gasteiger partial charge is 0.389 e. The fraction of sp³-hybridized carbons (Fsp3) is 0.462. The fourth-order valence-corrected chi connectivity index (χ4v) is 1.41. The number of pyridine rings is 1. The summed E-state index contributed by atoms with van der Waals surface area (Å²) < 4.78 is 6.23. The molecule has 104 valence electrons. The molecule has 1 aromatic rings. The average molecular weight is 266 g/mol. The molecule has 2 amide bonds. The summed E-state index contributed by atoms with van der Waals surface area (Å²) in [6.07, 6.45) is 3.43. The second kappa shape index (κ2) is 7.35. The highest BCUT2D eigenvalue weighted by atomic mass is 16.6. The summed E-state index contributed by atoms with van der Waals surface area (Å²) in [5.41, 5.74) is 5.43. The van der Waals surface area contributed by atoms with Crippen molar-refractivity contribution in [3.8, 4) is 0 Å². The first-order valence-electron chi connectivity index (χ1n) is 6.18. The van der Waals surface area contributed by atoms with E-state index in [4.69, 9.17) is 5.73 Å². The minimum absolute atomic E-state index is 0.0323. The lowest BCUT2D eigenvalue weighted by Crippen LogP contribution is -2.37. The molecule has 0 aliphatic heterocycles. The molecule has 0 aromatic carbocycles. The molecule has 19 heavy (non-hydrogen) atoms. The maximum atomic E-state index is 11.8. The molecule has 3 N–H and O–H groups in total. The molecule has 0 aliphatic carbocycles. The lowest BCUT2D eigenvalue weighted by molar-refractivity contribution is -0.727. The van der Waals surface area contributed by atoms with Gasteiger partial charge >= 0.3 is 6.09 Å². The third-order valence-corrected chi connectivity index (χ3v) is 2.52. The lowest BCUT2D eigenvalue weighted by atomic mass is 10.1. The summed E-state index contributed by atoms with van der Waals surface area (Å²) >= 11 is 0. The molecule has 0 unspecified atom stereocenters. The van der Waals surface area contributed by atoms with Crippen molar-refractivity contribution in [3.05, 3.63) is 30.1 Å². The van der Waals surface area contributed by atoms with Gasteiger partial charge < -0.3 is 15.8 Å². The van der Waals surface area contributed by atoms with E-state index in [1.165, 1.54) is 0 Å². The minimum Gasteiger partial charge on any atom is -0.389 e. The van der Waals surface area contributed by atoms with E-state index in [0.29, 0.717) is 18.0 Å². The Morgan fingerprint density at radius 3 is 2.53 bits per heavy atom. The zero-order chi connectivity index (χ0) is 14.3. The van der Waals surface area contributed by atoms with Crippen LogP contribution in [0.15, 0.2) is 24.5 Å². The first-order valence-corrected chi connectivity index (χ1v) is 6.18. The van der Waals surface area contributed by atoms with Crippen LogP contribution in [0.1, 0.15) is 30.6 Å². The Labute approximate surface area is 112 Å². The van der Waals surface area contributed by atoms with Crippen LogP contribution in [0.2, 0.25) is 0 Å². The normalized spacial score (nSPS) is 10.3. The molecule has 1 aromatic heterocycles. The van der Waals surface area contributed by atoms with Crippen molar-refractivity contribution in [1.29, 1.82) is 0 Å². The van der Waals surface area contributed by atoms with Gasteiger partial charge in [-0.25, -0.2) is 4.79 Å². The van der Waals surface area contributed by atoms with E-state index in [2.05, 4.69) is 23.9 Å². The van der Waals surface area contributed by atoms with E-state index in [0.717, 1.165) is 6.42 Å². The molecule has 0 bridgehead atoms. The number of ether oxygens (including phenoxy) is 1. The Morgan fingerprint density at radius 1 is 1.37 bits per heavy atom. The van der Waals surface area contributed by atoms with Gasteiger partial charge in [0.2, 0.25) is 0 Å². The maximum Gasteiger partial charge on any atom is 0.409 e. The highest BCUT2D eigenvalue weighted by molar-refractivity contribution is 5.93. The Bertz CT molecular complexity index is 429. The van der Waals surface area contributed by atoms with E-state index in [1.54, 1.807) is 29.1 Å². The van der Waals surface area contributed by atoms with Crippen molar-refractivity contribution in [2.75, 3.05) is 6.54 Å². The molecule has 0 aliphatic rings. The van der Waals surface area contributed by atoms with Gasteiger partial charge in [0.15, 0.2) is 12.4 Å². The number of primary amides is 1. The Balaban J connectivity index is 2.46. The summed E-state index contributed by atoms with van der Waals surface area (Å²) in [6.45, 7) is 4.91. The zero-order valence-electron chi connectivity index (χ0n) is 11.3. The van der Waals surface area contributed by atoms with Gasteiger partial charge in [0, 0.05) is 18.7 Å². The van der Waals surface area contributed by atoms with Crippen LogP contribution in [-0.2, 0) is 11.5 Å². The summed E-state index contributed by atoms with van der Waals surface area (Å²) in [5.74, 6) is 0.452. The largest absolute Gasteiger partial charge is 0.409 e. The Hall–Kier alpha value is -2.11. The highest BCUT2D eigenvalue weighted by Crippen LogP contribution is 1.99. The predicted molar refractivity (Wildman–Crippen MR) is 69.1 cm³/mol. The van der Waals surface area contributed by atoms with E-state index >= 15 is 0 Å². The van der Waals surface area contributed by atoms with Gasteiger partial charge in [-0.1, -0.05) is 13.8 Å². The molecule has 0 spiro atoms. The summed E-state index contributed by atoms with van der Waals surface area (Å²) in [4.78, 5) is 22.2. The van der Waals surface area contributed by atoms with Crippen molar-refractivity contribution < 1.29 is 18.9 Å². The van der Waals surface area contributed by atoms with Crippen LogP contribution in [0.3, 0.4) is 0 Å². The van der Waals surface area contributed by atoms with Gasteiger partial charge in [0.25, 0.3) is 12.6 Å². The van der Waals surface area contributed by atoms with Gasteiger partial charge in [-0.15, -0.1) is 0 Å². The van der Waals surface area contributed by atoms with Crippen molar-refractivity contribution in [3.63, 3.8) is 0 Å². The maximum absolute atomic E-state index is 11.8. The van der Waals surface area contributed by atoms with Gasteiger partial charge in [-0.05, 0) is 12.3 Å². The molecule has 1 rings (SSSR count). The van der Waals surface area contributed by atoms with Crippen LogP contribution in [-0.4, -0.2) is 18.5 Å². The molecule has 0 fully saturated rings. The molecule has 0 atom stereocenters. The van der Waals surface area contributed by atoms with E-state index in [1.807, 2.05) is 0 Å². The quantitative estimate of drug-likeness (QED) is 0.747. The predicted octanol–water partition coefficient (Wildman–Crippen LogP) is 0.803. The van der Waals surface area contributed by atoms with Gasteiger partial charge in [0.1, 0.15) is 0 Å². The van der Waals surface area contributed by atoms with Gasteiger partial charge in [-0.2, -0.15) is 4.57 Å². The SMILES string of the molecule is CC(C)CCNC(=O)c1cc[n+](COC(N)=O)cc1. The lowest BCUT2D eigenvalue weighted by Gasteiger charge is -2.06. The topological polar surface area (TPSA) is 85.3 Å². The Kier molecular flexibility index (Phi) is 5.78. The van der Waals surface area contributed by atoms with Crippen LogP contribution >= 0.6 is 0 Å². The second-order valence-corrected chi connectivity index (χ2v) is 4.63. The molecule has 6 nitrogen and oxygen atoms in total. The molecule has 0 saturated heterocycles.